The Labute approximate surface area is 151 Å². The second kappa shape index (κ2) is 7.03. The molecule has 0 spiro atoms. The topological polar surface area (TPSA) is 58.6 Å². The number of nitrogens with one attached hydrogen (secondary N) is 1. The molecule has 1 unspecified atom stereocenters. The van der Waals surface area contributed by atoms with Crippen LogP contribution in [0.4, 0.5) is 0 Å². The maximum absolute atomic E-state index is 11.2. The number of amides is 1. The smallest absolute Gasteiger partial charge is 0.217 e. The van der Waals surface area contributed by atoms with E-state index < -0.39 is 0 Å². The van der Waals surface area contributed by atoms with Crippen molar-refractivity contribution >= 4 is 28.3 Å². The van der Waals surface area contributed by atoms with Gasteiger partial charge in [-0.3, -0.25) is 4.79 Å². The van der Waals surface area contributed by atoms with Gasteiger partial charge in [-0.1, -0.05) is 29.8 Å². The monoisotopic (exact) mass is 355 g/mol. The van der Waals surface area contributed by atoms with Crippen molar-refractivity contribution in [3.05, 3.63) is 65.2 Å². The largest absolute Gasteiger partial charge is 0.506 e. The first kappa shape index (κ1) is 17.1. The van der Waals surface area contributed by atoms with Gasteiger partial charge in [-0.05, 0) is 53.6 Å². The zero-order valence-electron chi connectivity index (χ0n) is 13.9. The van der Waals surface area contributed by atoms with Crippen LogP contribution in [0.1, 0.15) is 25.5 Å². The van der Waals surface area contributed by atoms with E-state index in [2.05, 4.69) is 11.4 Å². The van der Waals surface area contributed by atoms with Crippen molar-refractivity contribution < 1.29 is 14.6 Å². The molecular formula is C20H18ClNO3. The lowest BCUT2D eigenvalue weighted by molar-refractivity contribution is -0.119. The molecule has 128 valence electrons. The summed E-state index contributed by atoms with van der Waals surface area (Å²) in [6.45, 7) is 3.46. The van der Waals surface area contributed by atoms with Gasteiger partial charge in [-0.2, -0.15) is 0 Å². The number of carbonyl (C=O) groups excluding carboxylic acids is 1. The van der Waals surface area contributed by atoms with Gasteiger partial charge in [0.05, 0.1) is 11.1 Å². The quantitative estimate of drug-likeness (QED) is 0.677. The number of halogens is 1. The lowest BCUT2D eigenvalue weighted by atomic mass is 10.0. The van der Waals surface area contributed by atoms with Gasteiger partial charge >= 0.3 is 0 Å². The molecule has 5 heteroatoms. The number of ether oxygens (including phenoxy) is 1. The van der Waals surface area contributed by atoms with Crippen molar-refractivity contribution in [3.63, 3.8) is 0 Å². The minimum Gasteiger partial charge on any atom is -0.506 e. The highest BCUT2D eigenvalue weighted by atomic mass is 35.5. The normalized spacial score (nSPS) is 12.0. The molecule has 0 aliphatic carbocycles. The number of carbonyl (C=O) groups is 1. The Bertz CT molecular complexity index is 939. The maximum Gasteiger partial charge on any atom is 0.217 e. The van der Waals surface area contributed by atoms with E-state index in [1.54, 1.807) is 12.1 Å². The van der Waals surface area contributed by atoms with Gasteiger partial charge in [-0.15, -0.1) is 0 Å². The Hall–Kier alpha value is -2.72. The molecule has 0 saturated carbocycles. The molecule has 0 radical (unpaired) electrons. The van der Waals surface area contributed by atoms with E-state index in [4.69, 9.17) is 16.3 Å². The van der Waals surface area contributed by atoms with Gasteiger partial charge < -0.3 is 15.2 Å². The van der Waals surface area contributed by atoms with Crippen LogP contribution in [0.25, 0.3) is 10.8 Å². The first-order valence-corrected chi connectivity index (χ1v) is 8.27. The highest BCUT2D eigenvalue weighted by molar-refractivity contribution is 6.32. The second-order valence-electron chi connectivity index (χ2n) is 5.91. The SMILES string of the molecule is CC(=O)NC(C)c1ccc2cc(Oc3ccc(O)c(Cl)c3)ccc2c1. The van der Waals surface area contributed by atoms with Crippen LogP contribution in [0.2, 0.25) is 5.02 Å². The molecule has 0 saturated heterocycles. The van der Waals surface area contributed by atoms with Gasteiger partial charge in [0.25, 0.3) is 0 Å². The van der Waals surface area contributed by atoms with Crippen LogP contribution in [-0.4, -0.2) is 11.0 Å². The van der Waals surface area contributed by atoms with Crippen molar-refractivity contribution in [2.24, 2.45) is 0 Å². The second-order valence-corrected chi connectivity index (χ2v) is 6.31. The molecule has 0 bridgehead atoms. The fraction of sp³-hybridized carbons (Fsp3) is 0.150. The summed E-state index contributed by atoms with van der Waals surface area (Å²) in [5.41, 5.74) is 1.04. The lowest BCUT2D eigenvalue weighted by Gasteiger charge is -2.14. The highest BCUT2D eigenvalue weighted by Gasteiger charge is 2.08. The van der Waals surface area contributed by atoms with Crippen LogP contribution in [0.15, 0.2) is 54.6 Å². The van der Waals surface area contributed by atoms with Crippen LogP contribution in [-0.2, 0) is 4.79 Å². The van der Waals surface area contributed by atoms with Crippen LogP contribution < -0.4 is 10.1 Å². The number of hydrogen-bond donors (Lipinski definition) is 2. The fourth-order valence-electron chi connectivity index (χ4n) is 2.65. The summed E-state index contributed by atoms with van der Waals surface area (Å²) in [6, 6.07) is 16.5. The third-order valence-corrected chi connectivity index (χ3v) is 4.21. The van der Waals surface area contributed by atoms with Crippen LogP contribution in [0.5, 0.6) is 17.2 Å². The molecule has 3 rings (SSSR count). The van der Waals surface area contributed by atoms with Crippen molar-refractivity contribution in [2.75, 3.05) is 0 Å². The molecule has 1 atom stereocenters. The van der Waals surface area contributed by atoms with E-state index in [1.165, 1.54) is 13.0 Å². The van der Waals surface area contributed by atoms with E-state index in [0.29, 0.717) is 11.5 Å². The predicted octanol–water partition coefficient (Wildman–Crippen LogP) is 5.19. The highest BCUT2D eigenvalue weighted by Crippen LogP contribution is 2.32. The third-order valence-electron chi connectivity index (χ3n) is 3.91. The predicted molar refractivity (Wildman–Crippen MR) is 99.4 cm³/mol. The Morgan fingerprint density at radius 3 is 2.40 bits per heavy atom. The summed E-state index contributed by atoms with van der Waals surface area (Å²) in [7, 11) is 0. The number of phenols is 1. The maximum atomic E-state index is 11.2. The van der Waals surface area contributed by atoms with Crippen LogP contribution in [0.3, 0.4) is 0 Å². The Balaban J connectivity index is 1.85. The molecule has 25 heavy (non-hydrogen) atoms. The summed E-state index contributed by atoms with van der Waals surface area (Å²) in [5, 5.41) is 14.7. The summed E-state index contributed by atoms with van der Waals surface area (Å²) < 4.78 is 5.80. The first-order valence-electron chi connectivity index (χ1n) is 7.89. The van der Waals surface area contributed by atoms with Crippen molar-refractivity contribution in [2.45, 2.75) is 19.9 Å². The minimum absolute atomic E-state index is 0.0216. The van der Waals surface area contributed by atoms with Gasteiger partial charge in [0.15, 0.2) is 0 Å². The molecule has 1 amide bonds. The molecule has 0 heterocycles. The van der Waals surface area contributed by atoms with Gasteiger partial charge in [-0.25, -0.2) is 0 Å². The molecule has 3 aromatic rings. The van der Waals surface area contributed by atoms with Crippen molar-refractivity contribution in [3.8, 4) is 17.2 Å². The summed E-state index contributed by atoms with van der Waals surface area (Å²) >= 11 is 5.90. The molecule has 0 aliphatic rings. The average Bonchev–Trinajstić information content (AvgIpc) is 2.57. The number of rotatable bonds is 4. The van der Waals surface area contributed by atoms with Gasteiger partial charge in [0, 0.05) is 13.0 Å². The lowest BCUT2D eigenvalue weighted by Crippen LogP contribution is -2.23. The Kier molecular flexibility index (Phi) is 4.81. The van der Waals surface area contributed by atoms with Crippen molar-refractivity contribution in [1.82, 2.24) is 5.32 Å². The van der Waals surface area contributed by atoms with Crippen molar-refractivity contribution in [1.29, 1.82) is 0 Å². The first-order chi connectivity index (χ1) is 11.9. The molecule has 3 aromatic carbocycles. The summed E-state index contributed by atoms with van der Waals surface area (Å²) in [6.07, 6.45) is 0. The summed E-state index contributed by atoms with van der Waals surface area (Å²) in [5.74, 6) is 1.20. The van der Waals surface area contributed by atoms with Crippen LogP contribution in [0, 0.1) is 0 Å². The minimum atomic E-state index is -0.0519. The molecule has 4 nitrogen and oxygen atoms in total. The molecule has 0 aliphatic heterocycles. The number of hydrogen-bond acceptors (Lipinski definition) is 3. The average molecular weight is 356 g/mol. The third kappa shape index (κ3) is 4.03. The Morgan fingerprint density at radius 1 is 1.04 bits per heavy atom. The molecule has 0 fully saturated rings. The summed E-state index contributed by atoms with van der Waals surface area (Å²) in [4.78, 5) is 11.2. The van der Waals surface area contributed by atoms with E-state index >= 15 is 0 Å². The zero-order valence-corrected chi connectivity index (χ0v) is 14.7. The molecule has 2 N–H and O–H groups in total. The van der Waals surface area contributed by atoms with Gasteiger partial charge in [0.1, 0.15) is 17.2 Å². The zero-order chi connectivity index (χ0) is 18.0. The fourth-order valence-corrected chi connectivity index (χ4v) is 2.82. The number of fused-ring (bicyclic) bond motifs is 1. The van der Waals surface area contributed by atoms with E-state index in [9.17, 15) is 9.90 Å². The standard InChI is InChI=1S/C20H18ClNO3/c1-12(22-13(2)23)14-3-4-16-10-17(6-5-15(16)9-14)25-18-7-8-20(24)19(21)11-18/h3-12,24H,1-2H3,(H,22,23). The molecular weight excluding hydrogens is 338 g/mol. The van der Waals surface area contributed by atoms with E-state index in [0.717, 1.165) is 16.3 Å². The number of aromatic hydroxyl groups is 1. The number of benzene rings is 3. The van der Waals surface area contributed by atoms with E-state index in [1.807, 2.05) is 37.3 Å². The number of phenolic OH excluding ortho intramolecular Hbond substituents is 1. The molecule has 0 aromatic heterocycles. The van der Waals surface area contributed by atoms with Crippen LogP contribution >= 0.6 is 11.6 Å². The van der Waals surface area contributed by atoms with E-state index in [-0.39, 0.29) is 22.7 Å². The Morgan fingerprint density at radius 2 is 1.68 bits per heavy atom. The van der Waals surface area contributed by atoms with Gasteiger partial charge in [0.2, 0.25) is 5.91 Å².